The van der Waals surface area contributed by atoms with Crippen molar-refractivity contribution >= 4 is 44.4 Å². The van der Waals surface area contributed by atoms with E-state index in [0.29, 0.717) is 22.9 Å². The average Bonchev–Trinajstić information content (AvgIpc) is 2.61. The fourth-order valence-corrected chi connectivity index (χ4v) is 3.01. The Morgan fingerprint density at radius 3 is 2.64 bits per heavy atom. The van der Waals surface area contributed by atoms with Gasteiger partial charge in [0.25, 0.3) is 0 Å². The van der Waals surface area contributed by atoms with E-state index in [9.17, 15) is 4.79 Å². The van der Waals surface area contributed by atoms with Gasteiger partial charge < -0.3 is 4.74 Å². The Hall–Kier alpha value is -1.91. The minimum atomic E-state index is -0.325. The highest BCUT2D eigenvalue weighted by Gasteiger charge is 2.15. The number of nitrogens with zero attached hydrogens (tertiary/aromatic N) is 1. The van der Waals surface area contributed by atoms with Gasteiger partial charge in [0.05, 0.1) is 23.4 Å². The average molecular weight is 419 g/mol. The molecule has 0 radical (unpaired) electrons. The van der Waals surface area contributed by atoms with E-state index in [1.165, 1.54) is 0 Å². The molecule has 3 nitrogen and oxygen atoms in total. The smallest absolute Gasteiger partial charge is 0.338 e. The summed E-state index contributed by atoms with van der Waals surface area (Å²) in [6.45, 7) is 2.48. The number of fused-ring (bicyclic) bond motifs is 1. The van der Waals surface area contributed by atoms with E-state index >= 15 is 0 Å². The maximum absolute atomic E-state index is 12.6. The number of esters is 1. The number of pyridine rings is 1. The van der Waals surface area contributed by atoms with Gasteiger partial charge in [-0.05, 0) is 42.8 Å². The van der Waals surface area contributed by atoms with Crippen molar-refractivity contribution in [1.82, 2.24) is 4.98 Å². The second-order valence-corrected chi connectivity index (χ2v) is 7.07. The van der Waals surface area contributed by atoms with Crippen LogP contribution in [0.25, 0.3) is 22.2 Å². The third kappa shape index (κ3) is 4.20. The lowest BCUT2D eigenvalue weighted by Crippen LogP contribution is -2.08. The molecule has 2 aromatic carbocycles. The van der Waals surface area contributed by atoms with Crippen molar-refractivity contribution in [2.24, 2.45) is 0 Å². The Kier molecular flexibility index (Phi) is 5.71. The molecule has 0 N–H and O–H groups in total. The SMILES string of the molecule is CCCCOC(=O)c1cc(-c2ccc(Cl)cc2)nc2ccc(Br)cc12. The lowest BCUT2D eigenvalue weighted by Gasteiger charge is -2.10. The quantitative estimate of drug-likeness (QED) is 0.362. The lowest BCUT2D eigenvalue weighted by atomic mass is 10.0. The normalized spacial score (nSPS) is 10.8. The molecule has 0 unspecified atom stereocenters. The van der Waals surface area contributed by atoms with E-state index in [-0.39, 0.29) is 5.97 Å². The summed E-state index contributed by atoms with van der Waals surface area (Å²) >= 11 is 9.42. The maximum Gasteiger partial charge on any atom is 0.338 e. The Balaban J connectivity index is 2.09. The minimum absolute atomic E-state index is 0.325. The summed E-state index contributed by atoms with van der Waals surface area (Å²) in [4.78, 5) is 17.3. The minimum Gasteiger partial charge on any atom is -0.462 e. The Morgan fingerprint density at radius 1 is 1.16 bits per heavy atom. The number of rotatable bonds is 5. The summed E-state index contributed by atoms with van der Waals surface area (Å²) in [5.41, 5.74) is 2.89. The summed E-state index contributed by atoms with van der Waals surface area (Å²) in [5, 5.41) is 1.43. The fraction of sp³-hybridized carbons (Fsp3) is 0.200. The molecule has 0 aliphatic heterocycles. The zero-order chi connectivity index (χ0) is 17.8. The van der Waals surface area contributed by atoms with Gasteiger partial charge >= 0.3 is 5.97 Å². The number of ether oxygens (including phenoxy) is 1. The molecule has 3 rings (SSSR count). The van der Waals surface area contributed by atoms with Crippen LogP contribution in [0.3, 0.4) is 0 Å². The molecule has 0 saturated carbocycles. The number of carbonyl (C=O) groups is 1. The fourth-order valence-electron chi connectivity index (χ4n) is 2.52. The van der Waals surface area contributed by atoms with E-state index in [1.807, 2.05) is 42.5 Å². The molecule has 3 aromatic rings. The highest BCUT2D eigenvalue weighted by atomic mass is 79.9. The zero-order valence-electron chi connectivity index (χ0n) is 13.8. The van der Waals surface area contributed by atoms with Gasteiger partial charge in [-0.15, -0.1) is 0 Å². The predicted molar refractivity (Wildman–Crippen MR) is 105 cm³/mol. The number of hydrogen-bond donors (Lipinski definition) is 0. The molecule has 0 fully saturated rings. The van der Waals surface area contributed by atoms with Crippen LogP contribution in [0.15, 0.2) is 53.0 Å². The summed E-state index contributed by atoms with van der Waals surface area (Å²) in [5.74, 6) is -0.325. The molecule has 128 valence electrons. The molecule has 1 heterocycles. The van der Waals surface area contributed by atoms with Crippen LogP contribution in [-0.2, 0) is 4.74 Å². The lowest BCUT2D eigenvalue weighted by molar-refractivity contribution is 0.0502. The first-order valence-corrected chi connectivity index (χ1v) is 9.29. The first kappa shape index (κ1) is 17.9. The third-order valence-corrected chi connectivity index (χ3v) is 4.61. The Bertz CT molecular complexity index is 909. The van der Waals surface area contributed by atoms with Crippen LogP contribution in [0.4, 0.5) is 0 Å². The standard InChI is InChI=1S/C20H17BrClNO2/c1-2-3-10-25-20(24)17-12-19(13-4-7-15(22)8-5-13)23-18-9-6-14(21)11-16(17)18/h4-9,11-12H,2-3,10H2,1H3. The van der Waals surface area contributed by atoms with Crippen LogP contribution in [0.2, 0.25) is 5.02 Å². The second-order valence-electron chi connectivity index (χ2n) is 5.71. The van der Waals surface area contributed by atoms with Crippen LogP contribution in [0.5, 0.6) is 0 Å². The van der Waals surface area contributed by atoms with E-state index in [0.717, 1.165) is 33.8 Å². The van der Waals surface area contributed by atoms with Crippen LogP contribution in [-0.4, -0.2) is 17.6 Å². The van der Waals surface area contributed by atoms with E-state index in [1.54, 1.807) is 6.07 Å². The van der Waals surface area contributed by atoms with Gasteiger partial charge in [0.2, 0.25) is 0 Å². The summed E-state index contributed by atoms with van der Waals surface area (Å²) in [6.07, 6.45) is 1.83. The molecule has 0 aliphatic carbocycles. The Morgan fingerprint density at radius 2 is 1.92 bits per heavy atom. The number of carbonyl (C=O) groups excluding carboxylic acids is 1. The molecule has 0 spiro atoms. The van der Waals surface area contributed by atoms with E-state index in [2.05, 4.69) is 27.8 Å². The number of halogens is 2. The van der Waals surface area contributed by atoms with Crippen LogP contribution >= 0.6 is 27.5 Å². The summed E-state index contributed by atoms with van der Waals surface area (Å²) in [6, 6.07) is 14.9. The van der Waals surface area contributed by atoms with Crippen molar-refractivity contribution in [3.8, 4) is 11.3 Å². The highest BCUT2D eigenvalue weighted by molar-refractivity contribution is 9.10. The molecular formula is C20H17BrClNO2. The molecule has 0 saturated heterocycles. The van der Waals surface area contributed by atoms with Crippen molar-refractivity contribution in [2.45, 2.75) is 19.8 Å². The molecule has 25 heavy (non-hydrogen) atoms. The first-order chi connectivity index (χ1) is 12.1. The topological polar surface area (TPSA) is 39.2 Å². The number of hydrogen-bond acceptors (Lipinski definition) is 3. The predicted octanol–water partition coefficient (Wildman–Crippen LogP) is 6.27. The van der Waals surface area contributed by atoms with Crippen LogP contribution in [0.1, 0.15) is 30.1 Å². The van der Waals surface area contributed by atoms with E-state index < -0.39 is 0 Å². The van der Waals surface area contributed by atoms with Crippen LogP contribution in [0, 0.1) is 0 Å². The monoisotopic (exact) mass is 417 g/mol. The highest BCUT2D eigenvalue weighted by Crippen LogP contribution is 2.28. The molecule has 0 atom stereocenters. The first-order valence-electron chi connectivity index (χ1n) is 8.12. The molecule has 0 bridgehead atoms. The second kappa shape index (κ2) is 7.98. The van der Waals surface area contributed by atoms with Gasteiger partial charge in [-0.25, -0.2) is 9.78 Å². The number of unbranched alkanes of at least 4 members (excludes halogenated alkanes) is 1. The van der Waals surface area contributed by atoms with Gasteiger partial charge in [0.15, 0.2) is 0 Å². The van der Waals surface area contributed by atoms with E-state index in [4.69, 9.17) is 16.3 Å². The largest absolute Gasteiger partial charge is 0.462 e. The van der Waals surface area contributed by atoms with Crippen molar-refractivity contribution in [3.05, 3.63) is 63.6 Å². The van der Waals surface area contributed by atoms with Gasteiger partial charge in [0, 0.05) is 20.4 Å². The van der Waals surface area contributed by atoms with Gasteiger partial charge in [-0.2, -0.15) is 0 Å². The molecular weight excluding hydrogens is 402 g/mol. The van der Waals surface area contributed by atoms with Crippen molar-refractivity contribution in [1.29, 1.82) is 0 Å². The number of aromatic nitrogens is 1. The van der Waals surface area contributed by atoms with Crippen LogP contribution < -0.4 is 0 Å². The number of benzene rings is 2. The van der Waals surface area contributed by atoms with Crippen molar-refractivity contribution < 1.29 is 9.53 Å². The van der Waals surface area contributed by atoms with Crippen molar-refractivity contribution in [3.63, 3.8) is 0 Å². The molecule has 0 aliphatic rings. The summed E-state index contributed by atoms with van der Waals surface area (Å²) < 4.78 is 6.32. The summed E-state index contributed by atoms with van der Waals surface area (Å²) in [7, 11) is 0. The van der Waals surface area contributed by atoms with Gasteiger partial charge in [0.1, 0.15) is 0 Å². The van der Waals surface area contributed by atoms with Gasteiger partial charge in [-0.3, -0.25) is 0 Å². The molecule has 0 amide bonds. The third-order valence-electron chi connectivity index (χ3n) is 3.86. The van der Waals surface area contributed by atoms with Crippen molar-refractivity contribution in [2.75, 3.05) is 6.61 Å². The molecule has 5 heteroatoms. The molecule has 1 aromatic heterocycles. The Labute approximate surface area is 160 Å². The maximum atomic E-state index is 12.6. The zero-order valence-corrected chi connectivity index (χ0v) is 16.1. The van der Waals surface area contributed by atoms with Gasteiger partial charge in [-0.1, -0.05) is 53.0 Å².